The molecule has 0 aliphatic carbocycles. The first kappa shape index (κ1) is 15.9. The van der Waals surface area contributed by atoms with E-state index in [2.05, 4.69) is 0 Å². The number of carbonyl (C=O) groups is 2. The van der Waals surface area contributed by atoms with Crippen molar-refractivity contribution in [3.8, 4) is 0 Å². The third kappa shape index (κ3) is 12.8. The lowest BCUT2D eigenvalue weighted by atomic mass is 10.2. The largest absolute Gasteiger partial charge is 0.481 e. The summed E-state index contributed by atoms with van der Waals surface area (Å²) in [6.45, 7) is 1.06. The second-order valence-corrected chi connectivity index (χ2v) is 4.02. The van der Waals surface area contributed by atoms with Gasteiger partial charge in [0.2, 0.25) is 0 Å². The summed E-state index contributed by atoms with van der Waals surface area (Å²) in [5.74, 6) is -0.942. The Morgan fingerprint density at radius 1 is 0.941 bits per heavy atom. The van der Waals surface area contributed by atoms with Crippen molar-refractivity contribution < 1.29 is 19.4 Å². The van der Waals surface area contributed by atoms with Gasteiger partial charge in [-0.1, -0.05) is 6.42 Å². The smallest absolute Gasteiger partial charge is 0.305 e. The lowest BCUT2D eigenvalue weighted by Crippen LogP contribution is -2.06. The van der Waals surface area contributed by atoms with Crippen LogP contribution >= 0.6 is 0 Å². The zero-order valence-electron chi connectivity index (χ0n) is 10.3. The normalized spacial score (nSPS) is 10.2. The van der Waals surface area contributed by atoms with Crippen LogP contribution in [0.4, 0.5) is 0 Å². The molecule has 0 saturated carbocycles. The van der Waals surface area contributed by atoms with Gasteiger partial charge in [-0.15, -0.1) is 0 Å². The molecule has 3 N–H and O–H groups in total. The Labute approximate surface area is 102 Å². The Morgan fingerprint density at radius 3 is 2.24 bits per heavy atom. The molecule has 5 heteroatoms. The van der Waals surface area contributed by atoms with Crippen LogP contribution in [0.5, 0.6) is 0 Å². The SMILES string of the molecule is NCCCCCC(=O)OCCCCCC(=O)O. The number of unbranched alkanes of at least 4 members (excludes halogenated alkanes) is 4. The monoisotopic (exact) mass is 245 g/mol. The fourth-order valence-electron chi connectivity index (χ4n) is 1.40. The summed E-state index contributed by atoms with van der Waals surface area (Å²) in [5, 5.41) is 8.40. The van der Waals surface area contributed by atoms with Crippen LogP contribution in [0.25, 0.3) is 0 Å². The van der Waals surface area contributed by atoms with Gasteiger partial charge in [-0.2, -0.15) is 0 Å². The average Bonchev–Trinajstić information content (AvgIpc) is 2.29. The minimum absolute atomic E-state index is 0.166. The molecule has 17 heavy (non-hydrogen) atoms. The maximum atomic E-state index is 11.2. The molecule has 0 aromatic heterocycles. The number of nitrogens with two attached hydrogens (primary N) is 1. The Kier molecular flexibility index (Phi) is 10.7. The number of hydrogen-bond acceptors (Lipinski definition) is 4. The van der Waals surface area contributed by atoms with Crippen LogP contribution in [-0.4, -0.2) is 30.2 Å². The van der Waals surface area contributed by atoms with E-state index >= 15 is 0 Å². The maximum absolute atomic E-state index is 11.2. The predicted octanol–water partition coefficient (Wildman–Crippen LogP) is 1.69. The van der Waals surface area contributed by atoms with Gasteiger partial charge in [-0.25, -0.2) is 0 Å². The Bertz CT molecular complexity index is 219. The standard InChI is InChI=1S/C12H23NO4/c13-9-5-1-4-8-12(16)17-10-6-2-3-7-11(14)15/h1-10,13H2,(H,14,15). The molecule has 0 unspecified atom stereocenters. The van der Waals surface area contributed by atoms with Gasteiger partial charge in [0, 0.05) is 12.8 Å². The molecule has 0 heterocycles. The number of esters is 1. The van der Waals surface area contributed by atoms with Gasteiger partial charge < -0.3 is 15.6 Å². The van der Waals surface area contributed by atoms with Crippen LogP contribution in [0, 0.1) is 0 Å². The highest BCUT2D eigenvalue weighted by molar-refractivity contribution is 5.69. The molecule has 100 valence electrons. The number of carbonyl (C=O) groups excluding carboxylic acids is 1. The van der Waals surface area contributed by atoms with Gasteiger partial charge in [-0.3, -0.25) is 9.59 Å². The predicted molar refractivity (Wildman–Crippen MR) is 64.6 cm³/mol. The van der Waals surface area contributed by atoms with Crippen molar-refractivity contribution in [1.82, 2.24) is 0 Å². The first-order valence-corrected chi connectivity index (χ1v) is 6.24. The zero-order valence-corrected chi connectivity index (χ0v) is 10.3. The molecule has 0 aliphatic heterocycles. The number of aliphatic carboxylic acids is 1. The van der Waals surface area contributed by atoms with Crippen LogP contribution in [0.15, 0.2) is 0 Å². The molecule has 0 saturated heterocycles. The van der Waals surface area contributed by atoms with Gasteiger partial charge in [0.05, 0.1) is 6.61 Å². The molecule has 0 spiro atoms. The van der Waals surface area contributed by atoms with Crippen LogP contribution in [-0.2, 0) is 14.3 Å². The fraction of sp³-hybridized carbons (Fsp3) is 0.833. The van der Waals surface area contributed by atoms with Crippen molar-refractivity contribution in [2.24, 2.45) is 5.73 Å². The van der Waals surface area contributed by atoms with Crippen molar-refractivity contribution in [1.29, 1.82) is 0 Å². The highest BCUT2D eigenvalue weighted by Gasteiger charge is 2.02. The maximum Gasteiger partial charge on any atom is 0.305 e. The third-order valence-corrected chi connectivity index (χ3v) is 2.38. The summed E-state index contributed by atoms with van der Waals surface area (Å²) in [6.07, 6.45) is 5.54. The summed E-state index contributed by atoms with van der Waals surface area (Å²) in [6, 6.07) is 0. The molecule has 0 radical (unpaired) electrons. The third-order valence-electron chi connectivity index (χ3n) is 2.38. The quantitative estimate of drug-likeness (QED) is 0.427. The molecule has 0 fully saturated rings. The lowest BCUT2D eigenvalue weighted by molar-refractivity contribution is -0.144. The fourth-order valence-corrected chi connectivity index (χ4v) is 1.40. The number of ether oxygens (including phenoxy) is 1. The van der Waals surface area contributed by atoms with Crippen LogP contribution in [0.2, 0.25) is 0 Å². The Morgan fingerprint density at radius 2 is 1.59 bits per heavy atom. The molecule has 5 nitrogen and oxygen atoms in total. The van der Waals surface area contributed by atoms with Crippen LogP contribution in [0.1, 0.15) is 51.4 Å². The van der Waals surface area contributed by atoms with Crippen molar-refractivity contribution in [2.45, 2.75) is 51.4 Å². The average molecular weight is 245 g/mol. The van der Waals surface area contributed by atoms with Crippen LogP contribution in [0.3, 0.4) is 0 Å². The second kappa shape index (κ2) is 11.4. The minimum atomic E-state index is -0.776. The van der Waals surface area contributed by atoms with Crippen molar-refractivity contribution >= 4 is 11.9 Å². The Hall–Kier alpha value is -1.10. The van der Waals surface area contributed by atoms with Gasteiger partial charge >= 0.3 is 11.9 Å². The Balaban J connectivity index is 3.19. The molecule has 0 aromatic rings. The zero-order chi connectivity index (χ0) is 12.9. The van der Waals surface area contributed by atoms with E-state index in [0.29, 0.717) is 26.0 Å². The second-order valence-electron chi connectivity index (χ2n) is 4.02. The highest BCUT2D eigenvalue weighted by Crippen LogP contribution is 2.03. The van der Waals surface area contributed by atoms with Crippen molar-refractivity contribution in [3.63, 3.8) is 0 Å². The lowest BCUT2D eigenvalue weighted by Gasteiger charge is -2.04. The van der Waals surface area contributed by atoms with E-state index in [-0.39, 0.29) is 12.4 Å². The van der Waals surface area contributed by atoms with Crippen molar-refractivity contribution in [2.75, 3.05) is 13.2 Å². The van der Waals surface area contributed by atoms with E-state index in [1.165, 1.54) is 0 Å². The van der Waals surface area contributed by atoms with Crippen LogP contribution < -0.4 is 5.73 Å². The summed E-state index contributed by atoms with van der Waals surface area (Å²) in [4.78, 5) is 21.4. The number of carboxylic acids is 1. The molecule has 0 aromatic carbocycles. The van der Waals surface area contributed by atoms with Gasteiger partial charge in [0.1, 0.15) is 0 Å². The topological polar surface area (TPSA) is 89.6 Å². The van der Waals surface area contributed by atoms with Gasteiger partial charge in [0.25, 0.3) is 0 Å². The summed E-state index contributed by atoms with van der Waals surface area (Å²) >= 11 is 0. The minimum Gasteiger partial charge on any atom is -0.481 e. The summed E-state index contributed by atoms with van der Waals surface area (Å²) < 4.78 is 5.01. The number of rotatable bonds is 11. The number of carboxylic acid groups (broad SMARTS) is 1. The van der Waals surface area contributed by atoms with E-state index in [0.717, 1.165) is 32.1 Å². The molecule has 0 bridgehead atoms. The molecule has 0 rings (SSSR count). The van der Waals surface area contributed by atoms with E-state index in [9.17, 15) is 9.59 Å². The molecule has 0 amide bonds. The molecular weight excluding hydrogens is 222 g/mol. The van der Waals surface area contributed by atoms with Gasteiger partial charge in [-0.05, 0) is 38.6 Å². The van der Waals surface area contributed by atoms with E-state index < -0.39 is 5.97 Å². The van der Waals surface area contributed by atoms with E-state index in [1.807, 2.05) is 0 Å². The number of hydrogen-bond donors (Lipinski definition) is 2. The summed E-state index contributed by atoms with van der Waals surface area (Å²) in [7, 11) is 0. The molecule has 0 aliphatic rings. The van der Waals surface area contributed by atoms with E-state index in [1.54, 1.807) is 0 Å². The first-order valence-electron chi connectivity index (χ1n) is 6.24. The van der Waals surface area contributed by atoms with Crippen molar-refractivity contribution in [3.05, 3.63) is 0 Å². The van der Waals surface area contributed by atoms with Gasteiger partial charge in [0.15, 0.2) is 0 Å². The van der Waals surface area contributed by atoms with E-state index in [4.69, 9.17) is 15.6 Å². The highest BCUT2D eigenvalue weighted by atomic mass is 16.5. The first-order chi connectivity index (χ1) is 8.16. The summed E-state index contributed by atoms with van der Waals surface area (Å²) in [5.41, 5.74) is 5.34. The molecular formula is C12H23NO4. The molecule has 0 atom stereocenters.